The predicted molar refractivity (Wildman–Crippen MR) is 92.8 cm³/mol. The Morgan fingerprint density at radius 1 is 1.26 bits per heavy atom. The topological polar surface area (TPSA) is 96.0 Å². The van der Waals surface area contributed by atoms with Crippen molar-refractivity contribution in [1.29, 1.82) is 0 Å². The van der Waals surface area contributed by atoms with Crippen LogP contribution in [0, 0.1) is 5.82 Å². The quantitative estimate of drug-likeness (QED) is 0.538. The molecular weight excluding hydrogens is 357 g/mol. The summed E-state index contributed by atoms with van der Waals surface area (Å²) in [6.45, 7) is 1.80. The second kappa shape index (κ2) is 9.11. The monoisotopic (exact) mass is 379 g/mol. The number of halogens is 1. The molecule has 1 aromatic carbocycles. The molecule has 1 heterocycles. The summed E-state index contributed by atoms with van der Waals surface area (Å²) >= 11 is 0. The SMILES string of the molecule is C[C@@H](OC(=O)CCCN1C(=O)CN(C)C1=O)C(=O)NCc1ccc(F)cc1. The minimum atomic E-state index is -0.987. The number of nitrogens with one attached hydrogen (secondary N) is 1. The zero-order valence-electron chi connectivity index (χ0n) is 15.2. The van der Waals surface area contributed by atoms with Gasteiger partial charge in [-0.25, -0.2) is 9.18 Å². The number of urea groups is 1. The molecule has 9 heteroatoms. The maximum absolute atomic E-state index is 12.8. The molecule has 2 rings (SSSR count). The van der Waals surface area contributed by atoms with Gasteiger partial charge in [0.15, 0.2) is 6.10 Å². The molecule has 0 saturated carbocycles. The highest BCUT2D eigenvalue weighted by atomic mass is 19.1. The third kappa shape index (κ3) is 5.77. The summed E-state index contributed by atoms with van der Waals surface area (Å²) in [6.07, 6.45) is -0.746. The number of amides is 4. The zero-order valence-corrected chi connectivity index (χ0v) is 15.2. The molecule has 0 radical (unpaired) electrons. The summed E-state index contributed by atoms with van der Waals surface area (Å²) in [5.41, 5.74) is 0.716. The second-order valence-corrected chi connectivity index (χ2v) is 6.26. The molecule has 1 aliphatic heterocycles. The van der Waals surface area contributed by atoms with E-state index in [9.17, 15) is 23.6 Å². The standard InChI is InChI=1S/C18H22FN3O5/c1-12(17(25)20-10-13-5-7-14(19)8-6-13)27-16(24)4-3-9-22-15(23)11-21(2)18(22)26/h5-8,12H,3-4,9-11H2,1-2H3,(H,20,25)/t12-/m1/s1. The number of benzene rings is 1. The second-order valence-electron chi connectivity index (χ2n) is 6.26. The molecule has 1 N–H and O–H groups in total. The van der Waals surface area contributed by atoms with Crippen LogP contribution in [0.4, 0.5) is 9.18 Å². The van der Waals surface area contributed by atoms with E-state index in [4.69, 9.17) is 4.74 Å². The van der Waals surface area contributed by atoms with Gasteiger partial charge in [-0.2, -0.15) is 0 Å². The van der Waals surface area contributed by atoms with Crippen molar-refractivity contribution in [1.82, 2.24) is 15.1 Å². The average molecular weight is 379 g/mol. The van der Waals surface area contributed by atoms with Crippen LogP contribution in [0.2, 0.25) is 0 Å². The Hall–Kier alpha value is -2.97. The van der Waals surface area contributed by atoms with Crippen molar-refractivity contribution in [2.45, 2.75) is 32.4 Å². The van der Waals surface area contributed by atoms with Gasteiger partial charge in [0.25, 0.3) is 5.91 Å². The van der Waals surface area contributed by atoms with Gasteiger partial charge in [0, 0.05) is 26.6 Å². The number of nitrogens with zero attached hydrogens (tertiary/aromatic N) is 2. The molecule has 1 aromatic rings. The first-order chi connectivity index (χ1) is 12.8. The van der Waals surface area contributed by atoms with Crippen molar-refractivity contribution in [3.63, 3.8) is 0 Å². The lowest BCUT2D eigenvalue weighted by atomic mass is 10.2. The van der Waals surface area contributed by atoms with Crippen LogP contribution >= 0.6 is 0 Å². The van der Waals surface area contributed by atoms with Gasteiger partial charge in [-0.3, -0.25) is 19.3 Å². The van der Waals surface area contributed by atoms with E-state index in [1.54, 1.807) is 12.1 Å². The van der Waals surface area contributed by atoms with Crippen molar-refractivity contribution < 1.29 is 28.3 Å². The van der Waals surface area contributed by atoms with Crippen LogP contribution in [-0.4, -0.2) is 59.9 Å². The Kier molecular flexibility index (Phi) is 6.86. The summed E-state index contributed by atoms with van der Waals surface area (Å²) in [6, 6.07) is 5.29. The Balaban J connectivity index is 1.68. The molecule has 8 nitrogen and oxygen atoms in total. The highest BCUT2D eigenvalue weighted by molar-refractivity contribution is 6.01. The summed E-state index contributed by atoms with van der Waals surface area (Å²) in [4.78, 5) is 49.5. The Morgan fingerprint density at radius 2 is 1.93 bits per heavy atom. The van der Waals surface area contributed by atoms with E-state index in [0.717, 1.165) is 4.90 Å². The summed E-state index contributed by atoms with van der Waals surface area (Å²) in [5, 5.41) is 2.60. The van der Waals surface area contributed by atoms with Crippen LogP contribution in [0.5, 0.6) is 0 Å². The third-order valence-electron chi connectivity index (χ3n) is 4.05. The predicted octanol–water partition coefficient (Wildman–Crippen LogP) is 1.05. The van der Waals surface area contributed by atoms with Gasteiger partial charge < -0.3 is 15.0 Å². The van der Waals surface area contributed by atoms with Gasteiger partial charge in [-0.05, 0) is 31.0 Å². The van der Waals surface area contributed by atoms with Crippen LogP contribution in [0.3, 0.4) is 0 Å². The smallest absolute Gasteiger partial charge is 0.326 e. The van der Waals surface area contributed by atoms with Crippen molar-refractivity contribution in [3.05, 3.63) is 35.6 Å². The molecular formula is C18H22FN3O5. The number of rotatable bonds is 8. The molecule has 146 valence electrons. The molecule has 1 atom stereocenters. The molecule has 0 unspecified atom stereocenters. The van der Waals surface area contributed by atoms with Gasteiger partial charge in [0.1, 0.15) is 12.4 Å². The molecule has 0 aromatic heterocycles. The number of likely N-dealkylation sites (N-methyl/N-ethyl adjacent to an activating group) is 1. The molecule has 1 aliphatic rings. The molecule has 1 saturated heterocycles. The number of carbonyl (C=O) groups excluding carboxylic acids is 4. The van der Waals surface area contributed by atoms with Gasteiger partial charge in [0.2, 0.25) is 5.91 Å². The van der Waals surface area contributed by atoms with Crippen LogP contribution in [0.25, 0.3) is 0 Å². The number of hydrogen-bond donors (Lipinski definition) is 1. The van der Waals surface area contributed by atoms with Gasteiger partial charge in [-0.15, -0.1) is 0 Å². The number of imide groups is 1. The van der Waals surface area contributed by atoms with Crippen molar-refractivity contribution in [3.8, 4) is 0 Å². The molecule has 0 bridgehead atoms. The van der Waals surface area contributed by atoms with E-state index in [1.807, 2.05) is 0 Å². The van der Waals surface area contributed by atoms with E-state index in [2.05, 4.69) is 5.32 Å². The Morgan fingerprint density at radius 3 is 2.52 bits per heavy atom. The molecule has 0 spiro atoms. The van der Waals surface area contributed by atoms with Gasteiger partial charge in [0.05, 0.1) is 0 Å². The van der Waals surface area contributed by atoms with E-state index in [0.29, 0.717) is 5.56 Å². The van der Waals surface area contributed by atoms with Crippen molar-refractivity contribution >= 4 is 23.8 Å². The largest absolute Gasteiger partial charge is 0.453 e. The normalized spacial score (nSPS) is 15.1. The zero-order chi connectivity index (χ0) is 20.0. The third-order valence-corrected chi connectivity index (χ3v) is 4.05. The fourth-order valence-corrected chi connectivity index (χ4v) is 2.52. The average Bonchev–Trinajstić information content (AvgIpc) is 2.86. The number of esters is 1. The molecule has 4 amide bonds. The lowest BCUT2D eigenvalue weighted by Gasteiger charge is -2.15. The van der Waals surface area contributed by atoms with Crippen molar-refractivity contribution in [2.24, 2.45) is 0 Å². The highest BCUT2D eigenvalue weighted by Crippen LogP contribution is 2.10. The first kappa shape index (κ1) is 20.3. The van der Waals surface area contributed by atoms with Crippen molar-refractivity contribution in [2.75, 3.05) is 20.1 Å². The maximum atomic E-state index is 12.8. The summed E-state index contributed by atoms with van der Waals surface area (Å²) < 4.78 is 17.9. The summed E-state index contributed by atoms with van der Waals surface area (Å²) in [7, 11) is 1.53. The van der Waals surface area contributed by atoms with E-state index < -0.39 is 18.0 Å². The molecule has 0 aliphatic carbocycles. The Labute approximate surface area is 156 Å². The number of ether oxygens (including phenoxy) is 1. The van der Waals surface area contributed by atoms with Crippen LogP contribution in [-0.2, 0) is 25.7 Å². The number of carbonyl (C=O) groups is 4. The van der Waals surface area contributed by atoms with Crippen LogP contribution in [0.15, 0.2) is 24.3 Å². The Bertz CT molecular complexity index is 722. The molecule has 27 heavy (non-hydrogen) atoms. The fraction of sp³-hybridized carbons (Fsp3) is 0.444. The first-order valence-corrected chi connectivity index (χ1v) is 8.55. The van der Waals surface area contributed by atoms with Crippen LogP contribution < -0.4 is 5.32 Å². The van der Waals surface area contributed by atoms with Gasteiger partial charge >= 0.3 is 12.0 Å². The van der Waals surface area contributed by atoms with E-state index >= 15 is 0 Å². The number of hydrogen-bond acceptors (Lipinski definition) is 5. The van der Waals surface area contributed by atoms with E-state index in [-0.39, 0.29) is 50.2 Å². The highest BCUT2D eigenvalue weighted by Gasteiger charge is 2.33. The van der Waals surface area contributed by atoms with Gasteiger partial charge in [-0.1, -0.05) is 12.1 Å². The lowest BCUT2D eigenvalue weighted by Crippen LogP contribution is -2.36. The first-order valence-electron chi connectivity index (χ1n) is 8.55. The molecule has 1 fully saturated rings. The minimum Gasteiger partial charge on any atom is -0.453 e. The minimum absolute atomic E-state index is 0.0175. The van der Waals surface area contributed by atoms with Crippen LogP contribution in [0.1, 0.15) is 25.3 Å². The fourth-order valence-electron chi connectivity index (χ4n) is 2.52. The maximum Gasteiger partial charge on any atom is 0.326 e. The van der Waals surface area contributed by atoms with E-state index in [1.165, 1.54) is 31.0 Å². The summed E-state index contributed by atoms with van der Waals surface area (Å²) in [5.74, 6) is -1.73. The lowest BCUT2D eigenvalue weighted by molar-refractivity contribution is -0.155.